The van der Waals surface area contributed by atoms with Crippen molar-refractivity contribution in [3.8, 4) is 5.75 Å². The number of halogens is 2. The van der Waals surface area contributed by atoms with Gasteiger partial charge in [-0.2, -0.15) is 0 Å². The predicted octanol–water partition coefficient (Wildman–Crippen LogP) is 6.35. The monoisotopic (exact) mass is 514 g/mol. The number of carbonyl (C=O) groups excluding carboxylic acids is 1. The van der Waals surface area contributed by atoms with E-state index in [4.69, 9.17) is 27.9 Å². The summed E-state index contributed by atoms with van der Waals surface area (Å²) in [6, 6.07) is 14.7. The number of rotatable bonds is 9. The van der Waals surface area contributed by atoms with E-state index in [0.717, 1.165) is 12.2 Å². The number of nitrogens with zero attached hydrogens (tertiary/aromatic N) is 2. The van der Waals surface area contributed by atoms with Crippen molar-refractivity contribution in [3.63, 3.8) is 0 Å². The number of benzene rings is 2. The minimum atomic E-state index is -1.41. The number of aromatic nitrogens is 2. The third-order valence-electron chi connectivity index (χ3n) is 5.44. The summed E-state index contributed by atoms with van der Waals surface area (Å²) in [5, 5.41) is 13.2. The summed E-state index contributed by atoms with van der Waals surface area (Å²) >= 11 is 13.5. The van der Waals surface area contributed by atoms with E-state index in [0.29, 0.717) is 50.7 Å². The first-order chi connectivity index (χ1) is 16.3. The highest BCUT2D eigenvalue weighted by atomic mass is 35.5. The molecule has 1 aliphatic rings. The minimum absolute atomic E-state index is 0.230. The van der Waals surface area contributed by atoms with Gasteiger partial charge in [0.1, 0.15) is 11.4 Å². The number of imidazole rings is 1. The van der Waals surface area contributed by atoms with Gasteiger partial charge in [0.05, 0.1) is 11.5 Å². The zero-order chi connectivity index (χ0) is 24.1. The maximum atomic E-state index is 13.4. The molecule has 3 aromatic rings. The highest BCUT2D eigenvalue weighted by Gasteiger charge is 2.42. The Kier molecular flexibility index (Phi) is 7.84. The highest BCUT2D eigenvalue weighted by Crippen LogP contribution is 2.42. The molecule has 5 nitrogen and oxygen atoms in total. The number of para-hydroxylation sites is 1. The van der Waals surface area contributed by atoms with Crippen molar-refractivity contribution in [1.29, 1.82) is 0 Å². The summed E-state index contributed by atoms with van der Waals surface area (Å²) in [5.74, 6) is 0.580. The van der Waals surface area contributed by atoms with Crippen LogP contribution in [0.2, 0.25) is 10.0 Å². The number of unbranched alkanes of at least 4 members (excludes halogenated alkanes) is 1. The number of ether oxygens (including phenoxy) is 1. The van der Waals surface area contributed by atoms with Crippen LogP contribution in [-0.4, -0.2) is 32.6 Å². The zero-order valence-electron chi connectivity index (χ0n) is 18.6. The Balaban J connectivity index is 1.53. The molecular weight excluding hydrogens is 491 g/mol. The number of allylic oxidation sites excluding steroid dienone is 1. The maximum Gasteiger partial charge on any atom is 0.198 e. The van der Waals surface area contributed by atoms with Crippen LogP contribution in [0.3, 0.4) is 0 Å². The number of carbonyl (C=O) groups is 1. The number of aliphatic hydroxyl groups is 1. The second-order valence-corrected chi connectivity index (χ2v) is 9.95. The summed E-state index contributed by atoms with van der Waals surface area (Å²) in [7, 11) is 1.86. The molecule has 2 aromatic carbocycles. The fourth-order valence-corrected chi connectivity index (χ4v) is 5.25. The molecule has 1 heterocycles. The first-order valence-electron chi connectivity index (χ1n) is 10.9. The van der Waals surface area contributed by atoms with Gasteiger partial charge in [-0.1, -0.05) is 41.4 Å². The molecule has 1 aliphatic carbocycles. The smallest absolute Gasteiger partial charge is 0.198 e. The van der Waals surface area contributed by atoms with E-state index in [1.807, 2.05) is 48.1 Å². The number of hydrogen-bond acceptors (Lipinski definition) is 5. The Morgan fingerprint density at radius 1 is 1.15 bits per heavy atom. The van der Waals surface area contributed by atoms with Crippen molar-refractivity contribution in [2.75, 3.05) is 6.61 Å². The van der Waals surface area contributed by atoms with Crippen molar-refractivity contribution in [2.24, 2.45) is 7.05 Å². The standard InChI is InChI=1S/C26H24Cl2N2O3S/c1-30-11-10-29-25(30)34-23-17-26(32,9-5-6-12-33-21-7-3-2-4-8-21)22(24(23)31)15-18-13-19(27)16-20(28)14-18/h2-4,7-8,10-11,13-17,32H,5-6,9,12H2,1H3/b22-15-. The van der Waals surface area contributed by atoms with Gasteiger partial charge in [0.15, 0.2) is 10.9 Å². The van der Waals surface area contributed by atoms with Crippen LogP contribution in [0.15, 0.2) is 82.6 Å². The molecule has 0 bridgehead atoms. The quantitative estimate of drug-likeness (QED) is 0.266. The van der Waals surface area contributed by atoms with Gasteiger partial charge in [0, 0.05) is 35.1 Å². The van der Waals surface area contributed by atoms with E-state index in [1.54, 1.807) is 36.5 Å². The summed E-state index contributed by atoms with van der Waals surface area (Å²) in [5.41, 5.74) is -0.457. The molecular formula is C26H24Cl2N2O3S. The topological polar surface area (TPSA) is 64.3 Å². The summed E-state index contributed by atoms with van der Waals surface area (Å²) in [6.07, 6.45) is 8.58. The van der Waals surface area contributed by atoms with E-state index in [2.05, 4.69) is 4.98 Å². The molecule has 0 radical (unpaired) electrons. The normalized spacial score (nSPS) is 19.0. The van der Waals surface area contributed by atoms with Gasteiger partial charge in [0.25, 0.3) is 0 Å². The Morgan fingerprint density at radius 3 is 2.56 bits per heavy atom. The third-order valence-corrected chi connectivity index (χ3v) is 6.98. The van der Waals surface area contributed by atoms with Gasteiger partial charge in [-0.05, 0) is 79.1 Å². The summed E-state index contributed by atoms with van der Waals surface area (Å²) in [6.45, 7) is 0.523. The molecule has 176 valence electrons. The van der Waals surface area contributed by atoms with Crippen LogP contribution in [0.1, 0.15) is 24.8 Å². The van der Waals surface area contributed by atoms with Crippen LogP contribution in [0.5, 0.6) is 5.75 Å². The molecule has 0 saturated carbocycles. The lowest BCUT2D eigenvalue weighted by Gasteiger charge is -2.22. The van der Waals surface area contributed by atoms with Crippen molar-refractivity contribution >= 4 is 46.8 Å². The third kappa shape index (κ3) is 5.94. The van der Waals surface area contributed by atoms with Crippen LogP contribution < -0.4 is 4.74 Å². The number of hydrogen-bond donors (Lipinski definition) is 1. The lowest BCUT2D eigenvalue weighted by molar-refractivity contribution is -0.112. The number of Topliss-reactive ketones (excluding diaryl/α,β-unsaturated/α-hetero) is 1. The van der Waals surface area contributed by atoms with Crippen molar-refractivity contribution in [2.45, 2.75) is 30.0 Å². The number of aryl methyl sites for hydroxylation is 1. The van der Waals surface area contributed by atoms with E-state index in [1.165, 1.54) is 11.8 Å². The first-order valence-corrected chi connectivity index (χ1v) is 12.4. The molecule has 8 heteroatoms. The highest BCUT2D eigenvalue weighted by molar-refractivity contribution is 8.03. The first kappa shape index (κ1) is 24.6. The molecule has 0 spiro atoms. The molecule has 4 rings (SSSR count). The summed E-state index contributed by atoms with van der Waals surface area (Å²) < 4.78 is 7.59. The fourth-order valence-electron chi connectivity index (χ4n) is 3.74. The second-order valence-electron chi connectivity index (χ2n) is 8.06. The number of ketones is 1. The Morgan fingerprint density at radius 2 is 1.88 bits per heavy atom. The van der Waals surface area contributed by atoms with Crippen LogP contribution in [0, 0.1) is 0 Å². The number of thioether (sulfide) groups is 1. The van der Waals surface area contributed by atoms with Crippen molar-refractivity contribution in [3.05, 3.63) is 93.1 Å². The van der Waals surface area contributed by atoms with Crippen LogP contribution in [-0.2, 0) is 11.8 Å². The minimum Gasteiger partial charge on any atom is -0.494 e. The molecule has 1 atom stereocenters. The maximum absolute atomic E-state index is 13.4. The largest absolute Gasteiger partial charge is 0.494 e. The zero-order valence-corrected chi connectivity index (χ0v) is 20.9. The Bertz CT molecular complexity index is 1220. The predicted molar refractivity (Wildman–Crippen MR) is 137 cm³/mol. The second kappa shape index (κ2) is 10.8. The lowest BCUT2D eigenvalue weighted by atomic mass is 9.89. The van der Waals surface area contributed by atoms with Gasteiger partial charge in [-0.3, -0.25) is 4.79 Å². The Hall–Kier alpha value is -2.51. The molecule has 34 heavy (non-hydrogen) atoms. The van der Waals surface area contributed by atoms with Crippen LogP contribution in [0.25, 0.3) is 6.08 Å². The van der Waals surface area contributed by atoms with Gasteiger partial charge < -0.3 is 14.4 Å². The molecule has 0 saturated heterocycles. The molecule has 1 aromatic heterocycles. The van der Waals surface area contributed by atoms with E-state index >= 15 is 0 Å². The molecule has 0 fully saturated rings. The van der Waals surface area contributed by atoms with E-state index in [9.17, 15) is 9.90 Å². The van der Waals surface area contributed by atoms with Gasteiger partial charge >= 0.3 is 0 Å². The van der Waals surface area contributed by atoms with Gasteiger partial charge in [-0.15, -0.1) is 0 Å². The van der Waals surface area contributed by atoms with Crippen molar-refractivity contribution < 1.29 is 14.6 Å². The molecule has 1 N–H and O–H groups in total. The lowest BCUT2D eigenvalue weighted by Crippen LogP contribution is -2.28. The molecule has 0 aliphatic heterocycles. The van der Waals surface area contributed by atoms with E-state index < -0.39 is 5.60 Å². The molecule has 0 amide bonds. The van der Waals surface area contributed by atoms with Crippen molar-refractivity contribution in [1.82, 2.24) is 9.55 Å². The fraction of sp³-hybridized carbons (Fsp3) is 0.231. The van der Waals surface area contributed by atoms with Crippen LogP contribution >= 0.6 is 35.0 Å². The van der Waals surface area contributed by atoms with E-state index in [-0.39, 0.29) is 5.78 Å². The summed E-state index contributed by atoms with van der Waals surface area (Å²) in [4.78, 5) is 18.1. The molecule has 1 unspecified atom stereocenters. The van der Waals surface area contributed by atoms with Crippen LogP contribution in [0.4, 0.5) is 0 Å². The average molecular weight is 515 g/mol. The van der Waals surface area contributed by atoms with Gasteiger partial charge in [0.2, 0.25) is 0 Å². The SMILES string of the molecule is Cn1ccnc1SC1=CC(O)(CCCCOc2ccccc2)/C(=C\c2cc(Cl)cc(Cl)c2)C1=O. The average Bonchev–Trinajstić information content (AvgIpc) is 3.30. The van der Waals surface area contributed by atoms with Gasteiger partial charge in [-0.25, -0.2) is 4.98 Å². The Labute approximate surface area is 213 Å².